The summed E-state index contributed by atoms with van der Waals surface area (Å²) in [6, 6.07) is 0. The third kappa shape index (κ3) is 2.27. The maximum atomic E-state index is 13.4. The Hall–Kier alpha value is -1.08. The summed E-state index contributed by atoms with van der Waals surface area (Å²) in [5.74, 6) is -0.952. The van der Waals surface area contributed by atoms with Gasteiger partial charge in [0.1, 0.15) is 12.4 Å². The van der Waals surface area contributed by atoms with Crippen molar-refractivity contribution in [2.45, 2.75) is 63.8 Å². The summed E-state index contributed by atoms with van der Waals surface area (Å²) in [7, 11) is 0. The lowest BCUT2D eigenvalue weighted by molar-refractivity contribution is -0.183. The predicted octanol–water partition coefficient (Wildman–Crippen LogP) is 0.608. The second-order valence-electron chi connectivity index (χ2n) is 9.71. The highest BCUT2D eigenvalue weighted by molar-refractivity contribution is 5.93. The van der Waals surface area contributed by atoms with Gasteiger partial charge in [0.25, 0.3) is 0 Å². The quantitative estimate of drug-likeness (QED) is 0.524. The zero-order chi connectivity index (χ0) is 19.8. The van der Waals surface area contributed by atoms with E-state index in [4.69, 9.17) is 0 Å². The first-order valence-electron chi connectivity index (χ1n) is 10.0. The Morgan fingerprint density at radius 2 is 1.93 bits per heavy atom. The monoisotopic (exact) mass is 378 g/mol. The van der Waals surface area contributed by atoms with Crippen molar-refractivity contribution in [2.75, 3.05) is 6.61 Å². The molecule has 0 heterocycles. The maximum Gasteiger partial charge on any atom is 0.192 e. The predicted molar refractivity (Wildman–Crippen MR) is 96.5 cm³/mol. The van der Waals surface area contributed by atoms with E-state index >= 15 is 0 Å². The zero-order valence-electron chi connectivity index (χ0n) is 16.0. The second kappa shape index (κ2) is 5.96. The minimum absolute atomic E-state index is 0.0188. The first-order chi connectivity index (χ1) is 12.6. The van der Waals surface area contributed by atoms with Crippen LogP contribution in [-0.4, -0.2) is 56.4 Å². The molecule has 4 rings (SSSR count). The Labute approximate surface area is 159 Å². The van der Waals surface area contributed by atoms with Gasteiger partial charge in [0.05, 0.1) is 12.2 Å². The van der Waals surface area contributed by atoms with Crippen molar-refractivity contribution >= 4 is 11.6 Å². The van der Waals surface area contributed by atoms with Gasteiger partial charge in [-0.15, -0.1) is 0 Å². The smallest absolute Gasteiger partial charge is 0.192 e. The van der Waals surface area contributed by atoms with Crippen LogP contribution < -0.4 is 0 Å². The molecule has 0 amide bonds. The summed E-state index contributed by atoms with van der Waals surface area (Å²) in [4.78, 5) is 25.8. The Morgan fingerprint density at radius 1 is 1.22 bits per heavy atom. The third-order valence-electron chi connectivity index (χ3n) is 8.65. The normalized spacial score (nSPS) is 54.2. The van der Waals surface area contributed by atoms with Crippen LogP contribution in [0.5, 0.6) is 0 Å². The van der Waals surface area contributed by atoms with Gasteiger partial charge in [-0.3, -0.25) is 9.59 Å². The number of rotatable bonds is 2. The number of fused-ring (bicyclic) bond motifs is 5. The fraction of sp³-hybridized carbons (Fsp3) is 0.810. The summed E-state index contributed by atoms with van der Waals surface area (Å²) in [5.41, 5.74) is -3.48. The van der Waals surface area contributed by atoms with Crippen molar-refractivity contribution in [3.8, 4) is 0 Å². The van der Waals surface area contributed by atoms with E-state index in [9.17, 15) is 30.0 Å². The fourth-order valence-corrected chi connectivity index (χ4v) is 7.25. The summed E-state index contributed by atoms with van der Waals surface area (Å²) < 4.78 is 0. The van der Waals surface area contributed by atoms with E-state index in [0.29, 0.717) is 6.42 Å². The van der Waals surface area contributed by atoms with Crippen LogP contribution in [0, 0.1) is 34.5 Å². The van der Waals surface area contributed by atoms with E-state index in [1.165, 1.54) is 0 Å². The highest BCUT2D eigenvalue weighted by Crippen LogP contribution is 2.66. The molecule has 0 aromatic rings. The number of allylic oxidation sites excluding steroid dienone is 1. The van der Waals surface area contributed by atoms with Gasteiger partial charge >= 0.3 is 0 Å². The van der Waals surface area contributed by atoms with E-state index in [2.05, 4.69) is 6.92 Å². The van der Waals surface area contributed by atoms with Gasteiger partial charge in [-0.2, -0.15) is 0 Å². The molecule has 4 aliphatic carbocycles. The van der Waals surface area contributed by atoms with Crippen molar-refractivity contribution in [3.63, 3.8) is 0 Å². The van der Waals surface area contributed by atoms with Crippen LogP contribution in [0.15, 0.2) is 12.2 Å². The van der Waals surface area contributed by atoms with E-state index in [0.717, 1.165) is 12.8 Å². The van der Waals surface area contributed by atoms with E-state index in [1.807, 2.05) is 6.08 Å². The Morgan fingerprint density at radius 3 is 2.59 bits per heavy atom. The lowest BCUT2D eigenvalue weighted by atomic mass is 9.45. The number of aliphatic hydroxyl groups is 4. The lowest BCUT2D eigenvalue weighted by Crippen LogP contribution is -2.63. The van der Waals surface area contributed by atoms with Gasteiger partial charge in [0, 0.05) is 17.8 Å². The number of Topliss-reactive ketones (excluding diaryl/α,β-unsaturated/α-hetero) is 2. The van der Waals surface area contributed by atoms with Gasteiger partial charge < -0.3 is 20.4 Å². The molecule has 0 aromatic carbocycles. The minimum Gasteiger partial charge on any atom is -0.390 e. The highest BCUT2D eigenvalue weighted by atomic mass is 16.4. The average molecular weight is 378 g/mol. The molecule has 27 heavy (non-hydrogen) atoms. The van der Waals surface area contributed by atoms with Crippen LogP contribution in [0.4, 0.5) is 0 Å². The summed E-state index contributed by atoms with van der Waals surface area (Å²) in [6.07, 6.45) is 4.65. The molecule has 0 aromatic heterocycles. The Bertz CT molecular complexity index is 703. The van der Waals surface area contributed by atoms with Gasteiger partial charge in [0.15, 0.2) is 11.4 Å². The van der Waals surface area contributed by atoms with Crippen molar-refractivity contribution in [1.29, 1.82) is 0 Å². The van der Waals surface area contributed by atoms with E-state index in [1.54, 1.807) is 13.0 Å². The minimum atomic E-state index is -2.08. The van der Waals surface area contributed by atoms with E-state index in [-0.39, 0.29) is 47.7 Å². The van der Waals surface area contributed by atoms with Crippen LogP contribution in [0.2, 0.25) is 0 Å². The first kappa shape index (κ1) is 19.2. The van der Waals surface area contributed by atoms with Crippen LogP contribution in [0.25, 0.3) is 0 Å². The fourth-order valence-electron chi connectivity index (χ4n) is 7.25. The molecule has 6 nitrogen and oxygen atoms in total. The largest absolute Gasteiger partial charge is 0.390 e. The first-order valence-corrected chi connectivity index (χ1v) is 10.0. The van der Waals surface area contributed by atoms with Crippen LogP contribution >= 0.6 is 0 Å². The molecule has 3 fully saturated rings. The van der Waals surface area contributed by atoms with Crippen molar-refractivity contribution < 1.29 is 30.0 Å². The van der Waals surface area contributed by atoms with Crippen molar-refractivity contribution in [1.82, 2.24) is 0 Å². The Balaban J connectivity index is 1.76. The number of ketones is 2. The molecule has 0 radical (unpaired) electrons. The van der Waals surface area contributed by atoms with Crippen LogP contribution in [0.3, 0.4) is 0 Å². The SMILES string of the molecule is C[C@]12C=CC(O)CC1CC[C@@H]1[C@@H]2C(=O)C[C@@]2(C)[C@H]1C[C@@H](O)[C@]2(O)C(=O)CO. The molecule has 0 saturated heterocycles. The number of hydrogen-bond acceptors (Lipinski definition) is 6. The highest BCUT2D eigenvalue weighted by Gasteiger charge is 2.71. The summed E-state index contributed by atoms with van der Waals surface area (Å²) >= 11 is 0. The molecule has 2 unspecified atom stereocenters. The number of hydrogen-bond donors (Lipinski definition) is 4. The van der Waals surface area contributed by atoms with Gasteiger partial charge in [0.2, 0.25) is 0 Å². The molecule has 3 saturated carbocycles. The molecule has 4 aliphatic rings. The topological polar surface area (TPSA) is 115 Å². The summed E-state index contributed by atoms with van der Waals surface area (Å²) in [6.45, 7) is 2.97. The van der Waals surface area contributed by atoms with Crippen LogP contribution in [0.1, 0.15) is 46.0 Å². The van der Waals surface area contributed by atoms with Gasteiger partial charge in [-0.25, -0.2) is 0 Å². The maximum absolute atomic E-state index is 13.4. The number of carbonyl (C=O) groups is 2. The molecule has 0 aliphatic heterocycles. The third-order valence-corrected chi connectivity index (χ3v) is 8.65. The zero-order valence-corrected chi connectivity index (χ0v) is 16.0. The standard InChI is InChI=1S/C21H30O6/c1-19-6-5-12(23)7-11(19)3-4-13-14-8-16(25)21(27,17(26)10-22)20(14,2)9-15(24)18(13)19/h5-6,11-14,16,18,22-23,25,27H,3-4,7-10H2,1-2H3/t11?,12?,13-,14-,16+,18+,19-,20-,21-/m0/s1. The molecule has 0 bridgehead atoms. The summed E-state index contributed by atoms with van der Waals surface area (Å²) in [5, 5.41) is 41.1. The van der Waals surface area contributed by atoms with Crippen LogP contribution in [-0.2, 0) is 9.59 Å². The van der Waals surface area contributed by atoms with Crippen molar-refractivity contribution in [2.24, 2.45) is 34.5 Å². The molecule has 150 valence electrons. The average Bonchev–Trinajstić information content (AvgIpc) is 2.82. The Kier molecular flexibility index (Phi) is 4.25. The second-order valence-corrected chi connectivity index (χ2v) is 9.71. The molecule has 9 atom stereocenters. The number of aliphatic hydroxyl groups excluding tert-OH is 3. The molecule has 0 spiro atoms. The van der Waals surface area contributed by atoms with Crippen molar-refractivity contribution in [3.05, 3.63) is 12.2 Å². The van der Waals surface area contributed by atoms with E-state index < -0.39 is 35.6 Å². The molecular formula is C21H30O6. The lowest BCUT2D eigenvalue weighted by Gasteiger charge is -2.58. The molecular weight excluding hydrogens is 348 g/mol. The molecule has 6 heteroatoms. The number of carbonyl (C=O) groups excluding carboxylic acids is 2. The van der Waals surface area contributed by atoms with Gasteiger partial charge in [-0.05, 0) is 48.9 Å². The van der Waals surface area contributed by atoms with Gasteiger partial charge in [-0.1, -0.05) is 26.0 Å². The molecule has 4 N–H and O–H groups in total.